The first-order valence-corrected chi connectivity index (χ1v) is 7.13. The van der Waals surface area contributed by atoms with Crippen LogP contribution in [0.4, 0.5) is 0 Å². The van der Waals surface area contributed by atoms with E-state index >= 15 is 0 Å². The minimum atomic E-state index is 0.514. The number of fused-ring (bicyclic) bond motifs is 2. The maximum atomic E-state index is 3.89. The molecule has 2 bridgehead atoms. The topological polar surface area (TPSA) is 12.0 Å². The first-order chi connectivity index (χ1) is 7.40. The van der Waals surface area contributed by atoms with E-state index in [-0.39, 0.29) is 0 Å². The second-order valence-corrected chi connectivity index (χ2v) is 7.27. The Kier molecular flexibility index (Phi) is 3.11. The molecule has 0 radical (unpaired) electrons. The molecule has 94 valence electrons. The summed E-state index contributed by atoms with van der Waals surface area (Å²) in [6, 6.07) is 0.743. The van der Waals surface area contributed by atoms with E-state index in [1.54, 1.807) is 0 Å². The van der Waals surface area contributed by atoms with Crippen LogP contribution in [0.5, 0.6) is 0 Å². The first-order valence-electron chi connectivity index (χ1n) is 7.13. The minimum absolute atomic E-state index is 0.514. The van der Waals surface area contributed by atoms with Gasteiger partial charge >= 0.3 is 0 Å². The van der Waals surface area contributed by atoms with Gasteiger partial charge in [0.2, 0.25) is 0 Å². The summed E-state index contributed by atoms with van der Waals surface area (Å²) in [5.74, 6) is 1.78. The molecule has 2 rings (SSSR count). The van der Waals surface area contributed by atoms with Gasteiger partial charge in [0.1, 0.15) is 0 Å². The van der Waals surface area contributed by atoms with E-state index in [2.05, 4.69) is 39.9 Å². The predicted molar refractivity (Wildman–Crippen MR) is 70.5 cm³/mol. The van der Waals surface area contributed by atoms with Crippen LogP contribution in [0, 0.1) is 22.7 Å². The van der Waals surface area contributed by atoms with Crippen molar-refractivity contribution in [3.63, 3.8) is 0 Å². The third-order valence-corrected chi connectivity index (χ3v) is 5.64. The molecule has 0 spiro atoms. The van der Waals surface area contributed by atoms with Crippen LogP contribution in [0.3, 0.4) is 0 Å². The van der Waals surface area contributed by atoms with Gasteiger partial charge in [0, 0.05) is 6.04 Å². The maximum absolute atomic E-state index is 3.89. The van der Waals surface area contributed by atoms with Crippen molar-refractivity contribution in [2.24, 2.45) is 22.7 Å². The van der Waals surface area contributed by atoms with E-state index in [0.29, 0.717) is 10.8 Å². The highest BCUT2D eigenvalue weighted by Gasteiger charge is 2.58. The average Bonchev–Trinajstić information content (AvgIpc) is 2.68. The Morgan fingerprint density at radius 1 is 1.31 bits per heavy atom. The highest BCUT2D eigenvalue weighted by molar-refractivity contribution is 5.11. The molecule has 0 aromatic heterocycles. The largest absolute Gasteiger partial charge is 0.313 e. The lowest BCUT2D eigenvalue weighted by Gasteiger charge is -2.43. The van der Waals surface area contributed by atoms with Gasteiger partial charge in [-0.3, -0.25) is 0 Å². The van der Waals surface area contributed by atoms with E-state index in [9.17, 15) is 0 Å². The van der Waals surface area contributed by atoms with Crippen molar-refractivity contribution in [1.82, 2.24) is 5.32 Å². The van der Waals surface area contributed by atoms with E-state index in [1.165, 1.54) is 32.2 Å². The molecule has 16 heavy (non-hydrogen) atoms. The van der Waals surface area contributed by atoms with Gasteiger partial charge in [-0.05, 0) is 48.5 Å². The number of nitrogens with one attached hydrogen (secondary N) is 1. The summed E-state index contributed by atoms with van der Waals surface area (Å²) >= 11 is 0. The van der Waals surface area contributed by atoms with Crippen LogP contribution in [-0.4, -0.2) is 12.6 Å². The lowest BCUT2D eigenvalue weighted by Crippen LogP contribution is -2.51. The molecule has 0 heterocycles. The second-order valence-electron chi connectivity index (χ2n) is 7.27. The normalized spacial score (nSPS) is 42.6. The molecule has 2 aliphatic rings. The van der Waals surface area contributed by atoms with Gasteiger partial charge in [0.05, 0.1) is 0 Å². The van der Waals surface area contributed by atoms with Crippen LogP contribution >= 0.6 is 0 Å². The fourth-order valence-electron chi connectivity index (χ4n) is 4.27. The van der Waals surface area contributed by atoms with Crippen LogP contribution in [-0.2, 0) is 0 Å². The Morgan fingerprint density at radius 2 is 2.00 bits per heavy atom. The molecule has 0 aromatic rings. The molecule has 0 aliphatic heterocycles. The lowest BCUT2D eigenvalue weighted by molar-refractivity contribution is 0.106. The Hall–Kier alpha value is -0.0400. The van der Waals surface area contributed by atoms with Crippen molar-refractivity contribution in [1.29, 1.82) is 0 Å². The quantitative estimate of drug-likeness (QED) is 0.763. The lowest BCUT2D eigenvalue weighted by atomic mass is 9.68. The molecule has 1 N–H and O–H groups in total. The minimum Gasteiger partial charge on any atom is -0.313 e. The molecule has 2 saturated carbocycles. The van der Waals surface area contributed by atoms with Crippen LogP contribution in [0.2, 0.25) is 0 Å². The van der Waals surface area contributed by atoms with Gasteiger partial charge < -0.3 is 5.32 Å². The molecule has 4 atom stereocenters. The van der Waals surface area contributed by atoms with E-state index < -0.39 is 0 Å². The standard InChI is InChI=1S/C15H29N/c1-6-11(2)10-16-13-14(3,4)12-7-8-15(13,5)9-12/h11-13,16H,6-10H2,1-5H3. The van der Waals surface area contributed by atoms with Crippen LogP contribution in [0.25, 0.3) is 0 Å². The summed E-state index contributed by atoms with van der Waals surface area (Å²) in [5, 5.41) is 3.89. The van der Waals surface area contributed by atoms with Crippen LogP contribution in [0.1, 0.15) is 60.3 Å². The van der Waals surface area contributed by atoms with Gasteiger partial charge in [0.25, 0.3) is 0 Å². The Labute approximate surface area is 101 Å². The zero-order valence-corrected chi connectivity index (χ0v) is 11.8. The summed E-state index contributed by atoms with van der Waals surface area (Å²) in [4.78, 5) is 0. The number of rotatable bonds is 4. The fraction of sp³-hybridized carbons (Fsp3) is 1.00. The van der Waals surface area contributed by atoms with Crippen molar-refractivity contribution in [3.05, 3.63) is 0 Å². The third kappa shape index (κ3) is 1.81. The smallest absolute Gasteiger partial charge is 0.0175 e. The molecule has 1 nitrogen and oxygen atoms in total. The summed E-state index contributed by atoms with van der Waals surface area (Å²) in [7, 11) is 0. The van der Waals surface area contributed by atoms with Crippen molar-refractivity contribution in [2.45, 2.75) is 66.3 Å². The number of hydrogen-bond donors (Lipinski definition) is 1. The Bertz CT molecular complexity index is 253. The Balaban J connectivity index is 2.02. The van der Waals surface area contributed by atoms with Crippen molar-refractivity contribution in [3.8, 4) is 0 Å². The molecule has 2 aliphatic carbocycles. The predicted octanol–water partition coefficient (Wildman–Crippen LogP) is 3.84. The summed E-state index contributed by atoms with van der Waals surface area (Å²) in [6.07, 6.45) is 5.66. The molecule has 4 unspecified atom stereocenters. The Morgan fingerprint density at radius 3 is 2.50 bits per heavy atom. The SMILES string of the molecule is CCC(C)CNC1C2(C)CCC(C2)C1(C)C. The molecule has 0 saturated heterocycles. The fourth-order valence-corrected chi connectivity index (χ4v) is 4.27. The van der Waals surface area contributed by atoms with Crippen LogP contribution in [0.15, 0.2) is 0 Å². The molecule has 1 heteroatoms. The van der Waals surface area contributed by atoms with E-state index in [0.717, 1.165) is 17.9 Å². The molecule has 0 aromatic carbocycles. The van der Waals surface area contributed by atoms with Gasteiger partial charge in [0.15, 0.2) is 0 Å². The van der Waals surface area contributed by atoms with E-state index in [4.69, 9.17) is 0 Å². The van der Waals surface area contributed by atoms with Gasteiger partial charge in [-0.1, -0.05) is 41.0 Å². The zero-order valence-electron chi connectivity index (χ0n) is 11.8. The summed E-state index contributed by atoms with van der Waals surface area (Å²) in [6.45, 7) is 13.3. The molecule has 0 amide bonds. The molecular formula is C15H29N. The van der Waals surface area contributed by atoms with Gasteiger partial charge in [-0.25, -0.2) is 0 Å². The summed E-state index contributed by atoms with van der Waals surface area (Å²) in [5.41, 5.74) is 1.10. The van der Waals surface area contributed by atoms with Crippen molar-refractivity contribution in [2.75, 3.05) is 6.54 Å². The highest BCUT2D eigenvalue weighted by Crippen LogP contribution is 2.62. The van der Waals surface area contributed by atoms with Crippen molar-refractivity contribution < 1.29 is 0 Å². The average molecular weight is 223 g/mol. The monoisotopic (exact) mass is 223 g/mol. The van der Waals surface area contributed by atoms with Crippen LogP contribution < -0.4 is 5.32 Å². The maximum Gasteiger partial charge on any atom is 0.0175 e. The number of hydrogen-bond acceptors (Lipinski definition) is 1. The highest BCUT2D eigenvalue weighted by atomic mass is 15.0. The third-order valence-electron chi connectivity index (χ3n) is 5.64. The molecule has 2 fully saturated rings. The van der Waals surface area contributed by atoms with Gasteiger partial charge in [-0.2, -0.15) is 0 Å². The zero-order chi connectivity index (χ0) is 12.0. The molecular weight excluding hydrogens is 194 g/mol. The summed E-state index contributed by atoms with van der Waals surface area (Å²) < 4.78 is 0. The van der Waals surface area contributed by atoms with E-state index in [1.807, 2.05) is 0 Å². The van der Waals surface area contributed by atoms with Crippen molar-refractivity contribution >= 4 is 0 Å². The van der Waals surface area contributed by atoms with Gasteiger partial charge in [-0.15, -0.1) is 0 Å². The first kappa shape index (κ1) is 12.4. The second kappa shape index (κ2) is 4.01.